The van der Waals surface area contributed by atoms with Crippen molar-refractivity contribution in [3.63, 3.8) is 0 Å². The van der Waals surface area contributed by atoms with Crippen molar-refractivity contribution in [2.45, 2.75) is 0 Å². The second-order valence-corrected chi connectivity index (χ2v) is 1.80. The number of hydrogen-bond acceptors (Lipinski definition) is 5. The van der Waals surface area contributed by atoms with Crippen molar-refractivity contribution >= 4 is 5.84 Å². The van der Waals surface area contributed by atoms with Crippen molar-refractivity contribution in [1.29, 1.82) is 0 Å². The fourth-order valence-corrected chi connectivity index (χ4v) is 0.670. The van der Waals surface area contributed by atoms with E-state index in [9.17, 15) is 9.59 Å². The molecule has 0 fully saturated rings. The summed E-state index contributed by atoms with van der Waals surface area (Å²) in [7, 11) is 0. The SMILES string of the molecule is O=c1oc2nccn2oc1=O. The molecule has 0 aromatic carbocycles. The van der Waals surface area contributed by atoms with Crippen molar-refractivity contribution in [2.75, 3.05) is 0 Å². The van der Waals surface area contributed by atoms with Crippen LogP contribution in [0, 0.1) is 0 Å². The third-order valence-electron chi connectivity index (χ3n) is 1.11. The Morgan fingerprint density at radius 3 is 3.00 bits per heavy atom. The molecule has 6 heteroatoms. The van der Waals surface area contributed by atoms with E-state index in [2.05, 4.69) is 13.9 Å². The van der Waals surface area contributed by atoms with E-state index in [-0.39, 0.29) is 5.84 Å². The summed E-state index contributed by atoms with van der Waals surface area (Å²) in [6.45, 7) is 0. The van der Waals surface area contributed by atoms with Crippen LogP contribution in [0.3, 0.4) is 0 Å². The first-order valence-corrected chi connectivity index (χ1v) is 2.75. The molecular weight excluding hydrogens is 152 g/mol. The van der Waals surface area contributed by atoms with Gasteiger partial charge in [-0.3, -0.25) is 0 Å². The van der Waals surface area contributed by atoms with E-state index in [0.29, 0.717) is 0 Å². The molecule has 0 saturated heterocycles. The highest BCUT2D eigenvalue weighted by molar-refractivity contribution is 5.16. The third-order valence-corrected chi connectivity index (χ3v) is 1.11. The fourth-order valence-electron chi connectivity index (χ4n) is 0.670. The lowest BCUT2D eigenvalue weighted by Crippen LogP contribution is -2.22. The zero-order chi connectivity index (χ0) is 7.84. The molecule has 0 bridgehead atoms. The van der Waals surface area contributed by atoms with E-state index < -0.39 is 11.3 Å². The van der Waals surface area contributed by atoms with E-state index in [1.54, 1.807) is 0 Å². The zero-order valence-corrected chi connectivity index (χ0v) is 5.18. The Kier molecular flexibility index (Phi) is 0.974. The van der Waals surface area contributed by atoms with Gasteiger partial charge < -0.3 is 8.94 Å². The molecule has 0 aliphatic rings. The van der Waals surface area contributed by atoms with Crippen LogP contribution in [0.2, 0.25) is 0 Å². The molecule has 0 unspecified atom stereocenters. The average molecular weight is 154 g/mol. The van der Waals surface area contributed by atoms with Crippen LogP contribution in [0.1, 0.15) is 0 Å². The predicted octanol–water partition coefficient (Wildman–Crippen LogP) is -0.759. The van der Waals surface area contributed by atoms with Crippen molar-refractivity contribution in [1.82, 2.24) is 9.56 Å². The lowest BCUT2D eigenvalue weighted by Gasteiger charge is -1.84. The number of nitrogens with zero attached hydrogens (tertiary/aromatic N) is 2. The number of fused-ring (bicyclic) bond motifs is 1. The summed E-state index contributed by atoms with van der Waals surface area (Å²) < 4.78 is 9.82. The zero-order valence-electron chi connectivity index (χ0n) is 5.18. The van der Waals surface area contributed by atoms with Crippen molar-refractivity contribution in [2.24, 2.45) is 0 Å². The van der Waals surface area contributed by atoms with Crippen LogP contribution in [0.15, 0.2) is 30.9 Å². The first-order chi connectivity index (χ1) is 5.27. The predicted molar refractivity (Wildman–Crippen MR) is 32.3 cm³/mol. The quantitative estimate of drug-likeness (QED) is 0.466. The number of rotatable bonds is 0. The van der Waals surface area contributed by atoms with Crippen LogP contribution >= 0.6 is 0 Å². The van der Waals surface area contributed by atoms with Gasteiger partial charge in [0, 0.05) is 0 Å². The summed E-state index contributed by atoms with van der Waals surface area (Å²) in [6, 6.07) is 0. The molecule has 0 N–H and O–H groups in total. The van der Waals surface area contributed by atoms with Gasteiger partial charge in [0.1, 0.15) is 0 Å². The standard InChI is InChI=1S/C5H2N2O4/c8-3-4(9)11-7-2-1-6-5(7)10-3/h1-2H. The van der Waals surface area contributed by atoms with Gasteiger partial charge in [0.2, 0.25) is 0 Å². The maximum absolute atomic E-state index is 10.5. The van der Waals surface area contributed by atoms with E-state index in [1.807, 2.05) is 0 Å². The van der Waals surface area contributed by atoms with E-state index >= 15 is 0 Å². The molecule has 0 spiro atoms. The second-order valence-electron chi connectivity index (χ2n) is 1.80. The molecule has 0 aliphatic heterocycles. The van der Waals surface area contributed by atoms with Gasteiger partial charge in [-0.15, -0.1) is 4.57 Å². The van der Waals surface area contributed by atoms with Gasteiger partial charge in [-0.25, -0.2) is 14.6 Å². The maximum atomic E-state index is 10.5. The van der Waals surface area contributed by atoms with Crippen LogP contribution in [0.25, 0.3) is 5.84 Å². The Bertz CT molecular complexity index is 447. The Morgan fingerprint density at radius 2 is 2.18 bits per heavy atom. The minimum absolute atomic E-state index is 0.0328. The molecule has 2 rings (SSSR count). The first-order valence-electron chi connectivity index (χ1n) is 2.75. The average Bonchev–Trinajstić information content (AvgIpc) is 2.36. The number of aromatic nitrogens is 2. The van der Waals surface area contributed by atoms with Gasteiger partial charge in [0.15, 0.2) is 0 Å². The molecule has 0 saturated carbocycles. The molecule has 56 valence electrons. The fraction of sp³-hybridized carbons (Fsp3) is 0. The van der Waals surface area contributed by atoms with Crippen LogP contribution in [-0.2, 0) is 0 Å². The molecule has 0 atom stereocenters. The van der Waals surface area contributed by atoms with Gasteiger partial charge in [-0.2, -0.15) is 0 Å². The van der Waals surface area contributed by atoms with Gasteiger partial charge in [-0.1, -0.05) is 0 Å². The van der Waals surface area contributed by atoms with Crippen LogP contribution in [0.4, 0.5) is 0 Å². The van der Waals surface area contributed by atoms with E-state index in [1.165, 1.54) is 12.4 Å². The van der Waals surface area contributed by atoms with Gasteiger partial charge in [-0.05, 0) is 0 Å². The summed E-state index contributed by atoms with van der Waals surface area (Å²) in [5.41, 5.74) is -2.10. The first kappa shape index (κ1) is 5.90. The highest BCUT2D eigenvalue weighted by Gasteiger charge is 2.02. The highest BCUT2D eigenvalue weighted by Crippen LogP contribution is 1.90. The summed E-state index contributed by atoms with van der Waals surface area (Å²) in [5, 5.41) is 0. The van der Waals surface area contributed by atoms with Crippen molar-refractivity contribution in [3.8, 4) is 0 Å². The summed E-state index contributed by atoms with van der Waals surface area (Å²) in [6.07, 6.45) is 2.71. The molecular formula is C5H2N2O4. The molecule has 0 aliphatic carbocycles. The van der Waals surface area contributed by atoms with Crippen LogP contribution in [-0.4, -0.2) is 9.56 Å². The number of hydrogen-bond donors (Lipinski definition) is 0. The smallest absolute Gasteiger partial charge is 0.381 e. The topological polar surface area (TPSA) is 77.7 Å². The van der Waals surface area contributed by atoms with E-state index in [4.69, 9.17) is 0 Å². The highest BCUT2D eigenvalue weighted by atomic mass is 16.6. The molecule has 6 nitrogen and oxygen atoms in total. The van der Waals surface area contributed by atoms with Gasteiger partial charge >= 0.3 is 17.1 Å². The van der Waals surface area contributed by atoms with E-state index in [0.717, 1.165) is 4.57 Å². The maximum Gasteiger partial charge on any atom is 0.442 e. The largest absolute Gasteiger partial charge is 0.442 e. The second kappa shape index (κ2) is 1.82. The summed E-state index contributed by atoms with van der Waals surface area (Å²) in [4.78, 5) is 24.6. The van der Waals surface area contributed by atoms with Gasteiger partial charge in [0.05, 0.1) is 12.4 Å². The minimum Gasteiger partial charge on any atom is -0.381 e. The Morgan fingerprint density at radius 1 is 1.36 bits per heavy atom. The lowest BCUT2D eigenvalue weighted by atomic mass is 10.9. The van der Waals surface area contributed by atoms with Crippen molar-refractivity contribution < 1.29 is 8.94 Å². The summed E-state index contributed by atoms with van der Waals surface area (Å²) >= 11 is 0. The van der Waals surface area contributed by atoms with Crippen molar-refractivity contribution in [3.05, 3.63) is 33.2 Å². The Labute approximate surface area is 58.7 Å². The Balaban J connectivity index is 3.09. The minimum atomic E-state index is -1.05. The van der Waals surface area contributed by atoms with Gasteiger partial charge in [0.25, 0.3) is 0 Å². The van der Waals surface area contributed by atoms with Crippen LogP contribution < -0.4 is 11.3 Å². The monoisotopic (exact) mass is 154 g/mol. The number of imidazole rings is 1. The molecule has 2 aromatic rings. The van der Waals surface area contributed by atoms with Crippen LogP contribution in [0.5, 0.6) is 0 Å². The third kappa shape index (κ3) is 0.759. The molecule has 2 heterocycles. The normalized spacial score (nSPS) is 10.5. The Hall–Kier alpha value is -1.85. The molecule has 11 heavy (non-hydrogen) atoms. The summed E-state index contributed by atoms with van der Waals surface area (Å²) in [5.74, 6) is -0.0328. The molecule has 2 aromatic heterocycles. The lowest BCUT2D eigenvalue weighted by molar-refractivity contribution is 0.275. The molecule has 0 radical (unpaired) electrons. The molecule has 0 amide bonds.